The van der Waals surface area contributed by atoms with Gasteiger partial charge in [-0.05, 0) is 35.9 Å². The van der Waals surface area contributed by atoms with Crippen LogP contribution in [0, 0.1) is 0 Å². The monoisotopic (exact) mass is 385 g/mol. The number of benzene rings is 2. The van der Waals surface area contributed by atoms with Crippen molar-refractivity contribution >= 4 is 33.2 Å². The Morgan fingerprint density at radius 1 is 1.21 bits per heavy atom. The van der Waals surface area contributed by atoms with Crippen molar-refractivity contribution in [2.75, 3.05) is 13.7 Å². The predicted octanol–water partition coefficient (Wildman–Crippen LogP) is 4.38. The molecule has 128 valence electrons. The van der Waals surface area contributed by atoms with Crippen LogP contribution >= 0.6 is 23.2 Å². The maximum absolute atomic E-state index is 12.7. The molecule has 0 aromatic heterocycles. The maximum Gasteiger partial charge on any atom is 0.244 e. The molecule has 0 spiro atoms. The van der Waals surface area contributed by atoms with Gasteiger partial charge in [0.1, 0.15) is 17.3 Å². The largest absolute Gasteiger partial charge is 0.490 e. The van der Waals surface area contributed by atoms with Crippen LogP contribution in [0.1, 0.15) is 5.56 Å². The average molecular weight is 386 g/mol. The number of sulfonamides is 1. The standard InChI is InChI=1S/C17H17Cl2NO3S/c1-3-9-23-15-6-4-5-13(10-15)12-20(2)24(21,22)17-11-14(18)7-8-16(17)19/h3-8,10-11H,1,9,12H2,2H3. The van der Waals surface area contributed by atoms with Gasteiger partial charge in [0.2, 0.25) is 10.0 Å². The zero-order valence-electron chi connectivity index (χ0n) is 13.1. The summed E-state index contributed by atoms with van der Waals surface area (Å²) in [5.41, 5.74) is 0.792. The van der Waals surface area contributed by atoms with E-state index in [9.17, 15) is 8.42 Å². The molecule has 4 nitrogen and oxygen atoms in total. The molecule has 0 radical (unpaired) electrons. The molecule has 24 heavy (non-hydrogen) atoms. The zero-order valence-corrected chi connectivity index (χ0v) is 15.4. The molecule has 7 heteroatoms. The molecular formula is C17H17Cl2NO3S. The number of nitrogens with zero attached hydrogens (tertiary/aromatic N) is 1. The quantitative estimate of drug-likeness (QED) is 0.664. The normalized spacial score (nSPS) is 11.5. The van der Waals surface area contributed by atoms with E-state index in [4.69, 9.17) is 27.9 Å². The molecule has 0 aliphatic heterocycles. The first-order valence-electron chi connectivity index (χ1n) is 7.08. The Bertz CT molecular complexity index is 837. The van der Waals surface area contributed by atoms with E-state index >= 15 is 0 Å². The van der Waals surface area contributed by atoms with Crippen molar-refractivity contribution in [3.05, 3.63) is 70.7 Å². The van der Waals surface area contributed by atoms with E-state index in [1.165, 1.54) is 23.5 Å². The fraction of sp³-hybridized carbons (Fsp3) is 0.176. The molecule has 2 rings (SSSR count). The van der Waals surface area contributed by atoms with Crippen LogP contribution in [0.5, 0.6) is 5.75 Å². The Balaban J connectivity index is 2.23. The molecule has 0 atom stereocenters. The van der Waals surface area contributed by atoms with Gasteiger partial charge in [0.15, 0.2) is 0 Å². The van der Waals surface area contributed by atoms with Gasteiger partial charge in [-0.3, -0.25) is 0 Å². The van der Waals surface area contributed by atoms with Crippen molar-refractivity contribution < 1.29 is 13.2 Å². The van der Waals surface area contributed by atoms with Gasteiger partial charge in [-0.1, -0.05) is 48.0 Å². The molecule has 0 fully saturated rings. The first-order chi connectivity index (χ1) is 11.3. The van der Waals surface area contributed by atoms with Crippen molar-refractivity contribution in [2.24, 2.45) is 0 Å². The molecule has 0 heterocycles. The number of ether oxygens (including phenoxy) is 1. The summed E-state index contributed by atoms with van der Waals surface area (Å²) in [5.74, 6) is 0.652. The lowest BCUT2D eigenvalue weighted by molar-refractivity contribution is 0.362. The van der Waals surface area contributed by atoms with Gasteiger partial charge in [-0.25, -0.2) is 8.42 Å². The van der Waals surface area contributed by atoms with E-state index in [1.54, 1.807) is 30.3 Å². The van der Waals surface area contributed by atoms with Crippen molar-refractivity contribution in [3.8, 4) is 5.75 Å². The first kappa shape index (κ1) is 18.8. The smallest absolute Gasteiger partial charge is 0.244 e. The summed E-state index contributed by atoms with van der Waals surface area (Å²) >= 11 is 11.9. The Labute approximate surface area is 152 Å². The minimum Gasteiger partial charge on any atom is -0.490 e. The highest BCUT2D eigenvalue weighted by molar-refractivity contribution is 7.89. The minimum atomic E-state index is -3.76. The summed E-state index contributed by atoms with van der Waals surface area (Å²) in [6.07, 6.45) is 1.64. The maximum atomic E-state index is 12.7. The van der Waals surface area contributed by atoms with Crippen LogP contribution in [-0.2, 0) is 16.6 Å². The third kappa shape index (κ3) is 4.51. The lowest BCUT2D eigenvalue weighted by atomic mass is 10.2. The highest BCUT2D eigenvalue weighted by Crippen LogP contribution is 2.28. The average Bonchev–Trinajstić information content (AvgIpc) is 2.55. The van der Waals surface area contributed by atoms with Gasteiger partial charge in [0, 0.05) is 18.6 Å². The van der Waals surface area contributed by atoms with Crippen LogP contribution in [0.3, 0.4) is 0 Å². The van der Waals surface area contributed by atoms with Crippen LogP contribution in [0.15, 0.2) is 60.0 Å². The SMILES string of the molecule is C=CCOc1cccc(CN(C)S(=O)(=O)c2cc(Cl)ccc2Cl)c1. The van der Waals surface area contributed by atoms with E-state index in [2.05, 4.69) is 6.58 Å². The molecule has 0 aliphatic carbocycles. The number of hydrogen-bond acceptors (Lipinski definition) is 3. The minimum absolute atomic E-state index is 0.0155. The Hall–Kier alpha value is -1.53. The predicted molar refractivity (Wildman–Crippen MR) is 97.2 cm³/mol. The molecule has 0 saturated carbocycles. The molecule has 0 bridgehead atoms. The number of halogens is 2. The molecular weight excluding hydrogens is 369 g/mol. The second-order valence-corrected chi connectivity index (χ2v) is 7.94. The summed E-state index contributed by atoms with van der Waals surface area (Å²) < 4.78 is 32.1. The van der Waals surface area contributed by atoms with E-state index in [1.807, 2.05) is 6.07 Å². The van der Waals surface area contributed by atoms with Crippen molar-refractivity contribution in [2.45, 2.75) is 11.4 Å². The summed E-state index contributed by atoms with van der Waals surface area (Å²) in [4.78, 5) is -0.0155. The number of hydrogen-bond donors (Lipinski definition) is 0. The summed E-state index contributed by atoms with van der Waals surface area (Å²) in [5, 5.41) is 0.445. The fourth-order valence-electron chi connectivity index (χ4n) is 2.07. The van der Waals surface area contributed by atoms with Gasteiger partial charge in [0.25, 0.3) is 0 Å². The third-order valence-corrected chi connectivity index (χ3v) is 5.77. The topological polar surface area (TPSA) is 46.6 Å². The third-order valence-electron chi connectivity index (χ3n) is 3.25. The van der Waals surface area contributed by atoms with E-state index in [0.29, 0.717) is 17.4 Å². The van der Waals surface area contributed by atoms with E-state index < -0.39 is 10.0 Å². The fourth-order valence-corrected chi connectivity index (χ4v) is 3.97. The summed E-state index contributed by atoms with van der Waals surface area (Å²) in [7, 11) is -2.27. The van der Waals surface area contributed by atoms with Gasteiger partial charge >= 0.3 is 0 Å². The van der Waals surface area contributed by atoms with Gasteiger partial charge < -0.3 is 4.74 Å². The van der Waals surface area contributed by atoms with Gasteiger partial charge in [-0.15, -0.1) is 0 Å². The van der Waals surface area contributed by atoms with Crippen molar-refractivity contribution in [3.63, 3.8) is 0 Å². The lowest BCUT2D eigenvalue weighted by Crippen LogP contribution is -2.26. The van der Waals surface area contributed by atoms with Gasteiger partial charge in [0.05, 0.1) is 5.02 Å². The Morgan fingerprint density at radius 2 is 1.96 bits per heavy atom. The lowest BCUT2D eigenvalue weighted by Gasteiger charge is -2.18. The van der Waals surface area contributed by atoms with Crippen molar-refractivity contribution in [1.29, 1.82) is 0 Å². The van der Waals surface area contributed by atoms with Crippen LogP contribution in [0.25, 0.3) is 0 Å². The molecule has 0 aliphatic rings. The molecule has 0 unspecified atom stereocenters. The highest BCUT2D eigenvalue weighted by atomic mass is 35.5. The van der Waals surface area contributed by atoms with E-state index in [-0.39, 0.29) is 16.5 Å². The second-order valence-electron chi connectivity index (χ2n) is 5.08. The summed E-state index contributed by atoms with van der Waals surface area (Å²) in [6, 6.07) is 11.6. The molecule has 0 amide bonds. The Morgan fingerprint density at radius 3 is 2.67 bits per heavy atom. The highest BCUT2D eigenvalue weighted by Gasteiger charge is 2.24. The summed E-state index contributed by atoms with van der Waals surface area (Å²) in [6.45, 7) is 4.15. The Kier molecular flexibility index (Phi) is 6.29. The molecule has 0 saturated heterocycles. The van der Waals surface area contributed by atoms with E-state index in [0.717, 1.165) is 5.56 Å². The molecule has 0 N–H and O–H groups in total. The first-order valence-corrected chi connectivity index (χ1v) is 9.28. The van der Waals surface area contributed by atoms with Crippen LogP contribution in [-0.4, -0.2) is 26.4 Å². The number of rotatable bonds is 7. The zero-order chi connectivity index (χ0) is 17.7. The van der Waals surface area contributed by atoms with Crippen molar-refractivity contribution in [1.82, 2.24) is 4.31 Å². The van der Waals surface area contributed by atoms with Crippen LogP contribution in [0.2, 0.25) is 10.0 Å². The van der Waals surface area contributed by atoms with Crippen LogP contribution in [0.4, 0.5) is 0 Å². The molecule has 2 aromatic rings. The molecule has 2 aromatic carbocycles. The second kappa shape index (κ2) is 8.03. The van der Waals surface area contributed by atoms with Crippen LogP contribution < -0.4 is 4.74 Å². The van der Waals surface area contributed by atoms with Gasteiger partial charge in [-0.2, -0.15) is 4.31 Å².